The van der Waals surface area contributed by atoms with Gasteiger partial charge in [0.05, 0.1) is 5.88 Å². The van der Waals surface area contributed by atoms with Crippen LogP contribution in [0.5, 0.6) is 0 Å². The molecule has 1 unspecified atom stereocenters. The van der Waals surface area contributed by atoms with Gasteiger partial charge in [0.25, 0.3) is 0 Å². The zero-order valence-electron chi connectivity index (χ0n) is 13.5. The Hall–Kier alpha value is -0.750. The summed E-state index contributed by atoms with van der Waals surface area (Å²) in [5, 5.41) is 3.46. The van der Waals surface area contributed by atoms with Crippen molar-refractivity contribution in [2.24, 2.45) is 5.41 Å². The molecule has 22 heavy (non-hydrogen) atoms. The summed E-state index contributed by atoms with van der Waals surface area (Å²) in [5.74, 6) is 1.75. The van der Waals surface area contributed by atoms with Crippen LogP contribution in [0, 0.1) is 5.41 Å². The van der Waals surface area contributed by atoms with Gasteiger partial charge in [-0.05, 0) is 37.6 Å². The van der Waals surface area contributed by atoms with Crippen LogP contribution in [-0.2, 0) is 9.59 Å². The van der Waals surface area contributed by atoms with Crippen molar-refractivity contribution in [1.29, 1.82) is 0 Å². The summed E-state index contributed by atoms with van der Waals surface area (Å²) < 4.78 is 0. The average molecular weight is 325 g/mol. The summed E-state index contributed by atoms with van der Waals surface area (Å²) in [6, 6.07) is -0.222. The van der Waals surface area contributed by atoms with E-state index in [2.05, 4.69) is 5.32 Å². The summed E-state index contributed by atoms with van der Waals surface area (Å²) in [6.07, 6.45) is 4.86. The molecule has 0 aromatic carbocycles. The number of carbonyl (C=O) groups excluding carboxylic acids is 2. The molecule has 3 aliphatic rings. The van der Waals surface area contributed by atoms with Crippen LogP contribution in [0.1, 0.15) is 39.0 Å². The molecule has 0 radical (unpaired) electrons. The Balaban J connectivity index is 1.58. The van der Waals surface area contributed by atoms with Crippen molar-refractivity contribution in [2.45, 2.75) is 45.1 Å². The number of carbonyl (C=O) groups is 2. The fourth-order valence-electron chi connectivity index (χ4n) is 3.88. The molecule has 5 nitrogen and oxygen atoms in total. The molecule has 2 amide bonds. The van der Waals surface area contributed by atoms with Crippen LogP contribution in [0.3, 0.4) is 0 Å². The Morgan fingerprint density at radius 3 is 2.68 bits per heavy atom. The molecule has 0 aliphatic carbocycles. The van der Waals surface area contributed by atoms with Crippen LogP contribution < -0.4 is 5.32 Å². The van der Waals surface area contributed by atoms with E-state index in [-0.39, 0.29) is 17.9 Å². The van der Waals surface area contributed by atoms with E-state index in [1.165, 1.54) is 6.42 Å². The highest BCUT2D eigenvalue weighted by molar-refractivity contribution is 7.99. The van der Waals surface area contributed by atoms with Crippen molar-refractivity contribution < 1.29 is 9.59 Å². The SMILES string of the molecule is CCCC(=O)N1CSCC1C(=O)N1CCC2(CCNC2)CC1. The predicted molar refractivity (Wildman–Crippen MR) is 88.6 cm³/mol. The second kappa shape index (κ2) is 6.79. The van der Waals surface area contributed by atoms with Crippen LogP contribution in [0.4, 0.5) is 0 Å². The summed E-state index contributed by atoms with van der Waals surface area (Å²) in [7, 11) is 0. The van der Waals surface area contributed by atoms with E-state index in [1.54, 1.807) is 16.7 Å². The maximum Gasteiger partial charge on any atom is 0.246 e. The van der Waals surface area contributed by atoms with E-state index in [9.17, 15) is 9.59 Å². The van der Waals surface area contributed by atoms with Crippen molar-refractivity contribution in [3.8, 4) is 0 Å². The van der Waals surface area contributed by atoms with Gasteiger partial charge in [-0.1, -0.05) is 6.92 Å². The highest BCUT2D eigenvalue weighted by Gasteiger charge is 2.41. The van der Waals surface area contributed by atoms with Crippen molar-refractivity contribution in [3.63, 3.8) is 0 Å². The van der Waals surface area contributed by atoms with Gasteiger partial charge in [-0.2, -0.15) is 0 Å². The van der Waals surface area contributed by atoms with Crippen molar-refractivity contribution >= 4 is 23.6 Å². The largest absolute Gasteiger partial charge is 0.341 e. The van der Waals surface area contributed by atoms with Crippen LogP contribution in [0.2, 0.25) is 0 Å². The fraction of sp³-hybridized carbons (Fsp3) is 0.875. The summed E-state index contributed by atoms with van der Waals surface area (Å²) in [6.45, 7) is 5.95. The molecule has 1 spiro atoms. The second-order valence-corrected chi connectivity index (χ2v) is 7.88. The number of hydrogen-bond acceptors (Lipinski definition) is 4. The third kappa shape index (κ3) is 3.13. The lowest BCUT2D eigenvalue weighted by molar-refractivity contribution is -0.144. The number of nitrogens with zero attached hydrogens (tertiary/aromatic N) is 2. The lowest BCUT2D eigenvalue weighted by Gasteiger charge is -2.40. The number of thioether (sulfide) groups is 1. The van der Waals surface area contributed by atoms with E-state index in [1.807, 2.05) is 11.8 Å². The molecular weight excluding hydrogens is 298 g/mol. The Labute approximate surface area is 137 Å². The Morgan fingerprint density at radius 1 is 1.27 bits per heavy atom. The summed E-state index contributed by atoms with van der Waals surface area (Å²) in [5.41, 5.74) is 0.429. The first-order chi connectivity index (χ1) is 10.7. The molecule has 0 aromatic rings. The van der Waals surface area contributed by atoms with Gasteiger partial charge in [-0.25, -0.2) is 0 Å². The maximum atomic E-state index is 12.8. The van der Waals surface area contributed by atoms with Crippen molar-refractivity contribution in [3.05, 3.63) is 0 Å². The number of piperidine rings is 1. The number of likely N-dealkylation sites (tertiary alicyclic amines) is 1. The van der Waals surface area contributed by atoms with Gasteiger partial charge < -0.3 is 15.1 Å². The second-order valence-electron chi connectivity index (χ2n) is 6.88. The van der Waals surface area contributed by atoms with E-state index < -0.39 is 0 Å². The smallest absolute Gasteiger partial charge is 0.246 e. The monoisotopic (exact) mass is 325 g/mol. The third-order valence-corrected chi connectivity index (χ3v) is 6.43. The minimum absolute atomic E-state index is 0.138. The summed E-state index contributed by atoms with van der Waals surface area (Å²) in [4.78, 5) is 28.8. The maximum absolute atomic E-state index is 12.8. The standard InChI is InChI=1S/C16H27N3O2S/c1-2-3-14(20)19-12-22-10-13(19)15(21)18-8-5-16(6-9-18)4-7-17-11-16/h13,17H,2-12H2,1H3. The van der Waals surface area contributed by atoms with Gasteiger partial charge in [0.15, 0.2) is 0 Å². The zero-order chi connectivity index (χ0) is 15.6. The molecule has 3 heterocycles. The van der Waals surface area contributed by atoms with E-state index >= 15 is 0 Å². The minimum Gasteiger partial charge on any atom is -0.341 e. The molecule has 1 N–H and O–H groups in total. The van der Waals surface area contributed by atoms with E-state index in [4.69, 9.17) is 0 Å². The molecule has 3 saturated heterocycles. The Morgan fingerprint density at radius 2 is 2.05 bits per heavy atom. The number of nitrogens with one attached hydrogen (secondary N) is 1. The molecule has 6 heteroatoms. The van der Waals surface area contributed by atoms with Gasteiger partial charge in [-0.15, -0.1) is 11.8 Å². The lowest BCUT2D eigenvalue weighted by Crippen LogP contribution is -2.52. The van der Waals surface area contributed by atoms with Crippen LogP contribution in [0.15, 0.2) is 0 Å². The fourth-order valence-corrected chi connectivity index (χ4v) is 5.06. The molecule has 3 aliphatic heterocycles. The van der Waals surface area contributed by atoms with Gasteiger partial charge in [0, 0.05) is 31.8 Å². The first kappa shape index (κ1) is 16.1. The van der Waals surface area contributed by atoms with Gasteiger partial charge >= 0.3 is 0 Å². The molecule has 124 valence electrons. The number of hydrogen-bond donors (Lipinski definition) is 1. The Bertz CT molecular complexity index is 427. The number of rotatable bonds is 3. The predicted octanol–water partition coefficient (Wildman–Crippen LogP) is 1.29. The normalized spacial score (nSPS) is 27.6. The molecule has 3 rings (SSSR count). The molecule has 3 fully saturated rings. The van der Waals surface area contributed by atoms with Gasteiger partial charge in [0.1, 0.15) is 6.04 Å². The molecular formula is C16H27N3O2S. The molecule has 0 saturated carbocycles. The highest BCUT2D eigenvalue weighted by atomic mass is 32.2. The van der Waals surface area contributed by atoms with E-state index in [0.717, 1.165) is 51.2 Å². The van der Waals surface area contributed by atoms with Crippen LogP contribution >= 0.6 is 11.8 Å². The number of amides is 2. The first-order valence-electron chi connectivity index (χ1n) is 8.52. The molecule has 0 aromatic heterocycles. The van der Waals surface area contributed by atoms with Crippen molar-refractivity contribution in [2.75, 3.05) is 37.8 Å². The zero-order valence-corrected chi connectivity index (χ0v) is 14.3. The van der Waals surface area contributed by atoms with Gasteiger partial charge in [-0.3, -0.25) is 9.59 Å². The van der Waals surface area contributed by atoms with Gasteiger partial charge in [0.2, 0.25) is 11.8 Å². The third-order valence-electron chi connectivity index (χ3n) is 5.42. The lowest BCUT2D eigenvalue weighted by atomic mass is 9.78. The van der Waals surface area contributed by atoms with Crippen molar-refractivity contribution in [1.82, 2.24) is 15.1 Å². The molecule has 1 atom stereocenters. The van der Waals surface area contributed by atoms with Crippen LogP contribution in [-0.4, -0.2) is 65.5 Å². The van der Waals surface area contributed by atoms with E-state index in [0.29, 0.717) is 17.7 Å². The first-order valence-corrected chi connectivity index (χ1v) is 9.67. The quantitative estimate of drug-likeness (QED) is 0.849. The minimum atomic E-state index is -0.222. The molecule has 0 bridgehead atoms. The average Bonchev–Trinajstić information content (AvgIpc) is 3.17. The summed E-state index contributed by atoms with van der Waals surface area (Å²) >= 11 is 1.70. The highest BCUT2D eigenvalue weighted by Crippen LogP contribution is 2.37. The van der Waals surface area contributed by atoms with Crippen LogP contribution in [0.25, 0.3) is 0 Å². The topological polar surface area (TPSA) is 52.7 Å². The Kier molecular flexibility index (Phi) is 4.97.